The Morgan fingerprint density at radius 2 is 1.70 bits per heavy atom. The van der Waals surface area contributed by atoms with E-state index in [0.29, 0.717) is 44.7 Å². The molecule has 0 aromatic carbocycles. The van der Waals surface area contributed by atoms with E-state index in [2.05, 4.69) is 65.2 Å². The normalized spacial score (nSPS) is 31.3. The maximum Gasteiger partial charge on any atom is 0.407 e. The molecular weight excluding hydrogens is 624 g/mol. The highest BCUT2D eigenvalue weighted by Crippen LogP contribution is 2.67. The third kappa shape index (κ3) is 11.0. The lowest BCUT2D eigenvalue weighted by Gasteiger charge is -2.58. The second kappa shape index (κ2) is 18.9. The van der Waals surface area contributed by atoms with Crippen molar-refractivity contribution in [1.29, 1.82) is 0 Å². The Morgan fingerprint density at radius 3 is 2.46 bits per heavy atom. The van der Waals surface area contributed by atoms with Crippen molar-refractivity contribution in [1.82, 2.24) is 10.6 Å². The van der Waals surface area contributed by atoms with Crippen LogP contribution in [0.4, 0.5) is 4.79 Å². The molecular formula is C43H76N2O5. The van der Waals surface area contributed by atoms with E-state index in [1.165, 1.54) is 51.4 Å². The Labute approximate surface area is 306 Å². The van der Waals surface area contributed by atoms with E-state index >= 15 is 0 Å². The molecule has 4 aliphatic rings. The lowest BCUT2D eigenvalue weighted by atomic mass is 9.47. The first kappa shape index (κ1) is 41.2. The van der Waals surface area contributed by atoms with Crippen LogP contribution in [-0.4, -0.2) is 58.1 Å². The molecule has 0 heterocycles. The van der Waals surface area contributed by atoms with Gasteiger partial charge >= 0.3 is 6.09 Å². The largest absolute Gasteiger partial charge is 0.446 e. The molecule has 3 fully saturated rings. The average Bonchev–Trinajstić information content (AvgIpc) is 3.41. The van der Waals surface area contributed by atoms with E-state index in [0.717, 1.165) is 80.5 Å². The van der Waals surface area contributed by atoms with Crippen LogP contribution >= 0.6 is 0 Å². The van der Waals surface area contributed by atoms with Crippen LogP contribution in [0.3, 0.4) is 0 Å². The third-order valence-electron chi connectivity index (χ3n) is 14.0. The molecule has 2 N–H and O–H groups in total. The van der Waals surface area contributed by atoms with Crippen molar-refractivity contribution in [3.63, 3.8) is 0 Å². The summed E-state index contributed by atoms with van der Waals surface area (Å²) < 4.78 is 16.8. The molecule has 8 atom stereocenters. The van der Waals surface area contributed by atoms with Gasteiger partial charge in [0.2, 0.25) is 5.91 Å². The fraction of sp³-hybridized carbons (Fsp3) is 0.907. The van der Waals surface area contributed by atoms with E-state index in [1.54, 1.807) is 12.7 Å². The van der Waals surface area contributed by atoms with E-state index in [-0.39, 0.29) is 28.9 Å². The van der Waals surface area contributed by atoms with Crippen molar-refractivity contribution in [2.75, 3.05) is 40.0 Å². The van der Waals surface area contributed by atoms with Crippen molar-refractivity contribution < 1.29 is 23.8 Å². The van der Waals surface area contributed by atoms with Crippen molar-refractivity contribution >= 4 is 12.0 Å². The summed E-state index contributed by atoms with van der Waals surface area (Å²) in [5, 5.41) is 5.95. The summed E-state index contributed by atoms with van der Waals surface area (Å²) in [4.78, 5) is 24.9. The highest BCUT2D eigenvalue weighted by Gasteiger charge is 2.59. The number of alkyl carbamates (subject to hydrolysis) is 1. The second-order valence-electron chi connectivity index (χ2n) is 18.6. The van der Waals surface area contributed by atoms with Gasteiger partial charge in [-0.15, -0.1) is 0 Å². The number of rotatable bonds is 20. The van der Waals surface area contributed by atoms with Gasteiger partial charge in [0.1, 0.15) is 6.10 Å². The summed E-state index contributed by atoms with van der Waals surface area (Å²) >= 11 is 0. The Balaban J connectivity index is 1.10. The van der Waals surface area contributed by atoms with E-state index in [9.17, 15) is 9.59 Å². The van der Waals surface area contributed by atoms with Crippen LogP contribution in [0.25, 0.3) is 0 Å². The van der Waals surface area contributed by atoms with E-state index < -0.39 is 0 Å². The van der Waals surface area contributed by atoms with Gasteiger partial charge in [0, 0.05) is 46.3 Å². The summed E-state index contributed by atoms with van der Waals surface area (Å²) in [6, 6.07) is 0. The standard InChI is InChI=1S/C43H76N2O5/c1-31(2)13-12-14-32(3)36-17-18-37-35-16-15-33-29-34(19-21-42(33,6)38(35)20-22-43(36,37)7)50-40(47)45-24-10-9-11-26-49-28-25-44-39(46)30-41(4,5)23-27-48-8/h15,31-32,34-38H,9-14,16-30H2,1-8H3,(H,44,46)(H,45,47)/t32?,34-,35+,36?,37?,38?,42-,43+/m0/s1. The summed E-state index contributed by atoms with van der Waals surface area (Å²) in [6.45, 7) is 19.7. The third-order valence-corrected chi connectivity index (χ3v) is 14.0. The Hall–Kier alpha value is -1.60. The molecule has 4 rings (SSSR count). The van der Waals surface area contributed by atoms with Crippen LogP contribution in [0.5, 0.6) is 0 Å². The number of ether oxygens (including phenoxy) is 3. The molecule has 288 valence electrons. The van der Waals surface area contributed by atoms with Crippen LogP contribution in [0.1, 0.15) is 151 Å². The molecule has 0 aromatic heterocycles. The molecule has 4 unspecified atom stereocenters. The van der Waals surface area contributed by atoms with Crippen molar-refractivity contribution in [3.8, 4) is 0 Å². The summed E-state index contributed by atoms with van der Waals surface area (Å²) in [7, 11) is 1.69. The minimum Gasteiger partial charge on any atom is -0.446 e. The lowest BCUT2D eigenvalue weighted by molar-refractivity contribution is -0.123. The SMILES string of the molecule is COCCC(C)(C)CC(=O)NCCOCCCCCNC(=O)O[C@H]1CC[C@@]2(C)C(=CC[C@@H]3C4CCC(C(C)CCCC(C)C)[C@@]4(C)CCC32)C1. The van der Waals surface area contributed by atoms with Gasteiger partial charge in [0.15, 0.2) is 0 Å². The Bertz CT molecular complexity index is 1100. The first-order valence-electron chi connectivity index (χ1n) is 20.8. The molecule has 7 heteroatoms. The molecule has 7 nitrogen and oxygen atoms in total. The number of nitrogens with one attached hydrogen (secondary N) is 2. The predicted molar refractivity (Wildman–Crippen MR) is 204 cm³/mol. The molecule has 0 aliphatic heterocycles. The molecule has 0 bridgehead atoms. The van der Waals surface area contributed by atoms with Gasteiger partial charge in [-0.05, 0) is 122 Å². The molecule has 0 spiro atoms. The lowest BCUT2D eigenvalue weighted by Crippen LogP contribution is -2.51. The zero-order valence-electron chi connectivity index (χ0n) is 33.5. The maximum absolute atomic E-state index is 12.7. The second-order valence-corrected chi connectivity index (χ2v) is 18.6. The van der Waals surface area contributed by atoms with Crippen molar-refractivity contribution in [3.05, 3.63) is 11.6 Å². The number of amides is 2. The van der Waals surface area contributed by atoms with E-state index in [4.69, 9.17) is 14.2 Å². The van der Waals surface area contributed by atoms with Gasteiger partial charge in [-0.25, -0.2) is 4.79 Å². The van der Waals surface area contributed by atoms with E-state index in [1.807, 2.05) is 0 Å². The van der Waals surface area contributed by atoms with Crippen LogP contribution in [0.15, 0.2) is 11.6 Å². The number of hydrogen-bond acceptors (Lipinski definition) is 5. The highest BCUT2D eigenvalue weighted by atomic mass is 16.6. The number of allylic oxidation sites excluding steroid dienone is 1. The fourth-order valence-electron chi connectivity index (χ4n) is 11.0. The van der Waals surface area contributed by atoms with Gasteiger partial charge in [0.25, 0.3) is 0 Å². The fourth-order valence-corrected chi connectivity index (χ4v) is 11.0. The molecule has 0 saturated heterocycles. The van der Waals surface area contributed by atoms with Gasteiger partial charge in [-0.3, -0.25) is 4.79 Å². The molecule has 0 radical (unpaired) electrons. The molecule has 4 aliphatic carbocycles. The van der Waals surface area contributed by atoms with Crippen LogP contribution in [-0.2, 0) is 19.0 Å². The monoisotopic (exact) mass is 701 g/mol. The summed E-state index contributed by atoms with van der Waals surface area (Å²) in [5.74, 6) is 5.13. The molecule has 3 saturated carbocycles. The maximum atomic E-state index is 12.7. The molecule has 50 heavy (non-hydrogen) atoms. The average molecular weight is 701 g/mol. The van der Waals surface area contributed by atoms with Gasteiger partial charge in [-0.1, -0.05) is 79.4 Å². The molecule has 0 aromatic rings. The quantitative estimate of drug-likeness (QED) is 0.0976. The highest BCUT2D eigenvalue weighted by molar-refractivity contribution is 5.76. The summed E-state index contributed by atoms with van der Waals surface area (Å²) in [5.41, 5.74) is 2.30. The van der Waals surface area contributed by atoms with Crippen LogP contribution in [0, 0.1) is 51.8 Å². The number of fused-ring (bicyclic) bond motifs is 5. The number of unbranched alkanes of at least 4 members (excludes halogenated alkanes) is 2. The van der Waals surface area contributed by atoms with Gasteiger partial charge in [0.05, 0.1) is 6.61 Å². The zero-order chi connectivity index (χ0) is 36.4. The summed E-state index contributed by atoms with van der Waals surface area (Å²) in [6.07, 6.45) is 20.6. The molecule has 2 amide bonds. The zero-order valence-corrected chi connectivity index (χ0v) is 33.5. The number of carbonyl (C=O) groups is 2. The number of hydrogen-bond donors (Lipinski definition) is 2. The van der Waals surface area contributed by atoms with Crippen LogP contribution < -0.4 is 10.6 Å². The number of methoxy groups -OCH3 is 1. The minimum atomic E-state index is -0.266. The van der Waals surface area contributed by atoms with Gasteiger partial charge < -0.3 is 24.8 Å². The first-order valence-corrected chi connectivity index (χ1v) is 20.8. The van der Waals surface area contributed by atoms with Gasteiger partial charge in [-0.2, -0.15) is 0 Å². The predicted octanol–water partition coefficient (Wildman–Crippen LogP) is 9.88. The first-order chi connectivity index (χ1) is 23.8. The number of carbonyl (C=O) groups excluding carboxylic acids is 2. The Morgan fingerprint density at radius 1 is 0.900 bits per heavy atom. The smallest absolute Gasteiger partial charge is 0.407 e. The minimum absolute atomic E-state index is 0.00685. The van der Waals surface area contributed by atoms with Crippen LogP contribution in [0.2, 0.25) is 0 Å². The van der Waals surface area contributed by atoms with Crippen molar-refractivity contribution in [2.24, 2.45) is 51.8 Å². The Kier molecular flexibility index (Phi) is 15.6. The topological polar surface area (TPSA) is 85.9 Å². The van der Waals surface area contributed by atoms with Crippen molar-refractivity contribution in [2.45, 2.75) is 157 Å².